The maximum Gasteiger partial charge on any atom is 1.00 e. The van der Waals surface area contributed by atoms with E-state index in [4.69, 9.17) is 0 Å². The van der Waals surface area contributed by atoms with E-state index in [9.17, 15) is 25.9 Å². The van der Waals surface area contributed by atoms with Gasteiger partial charge in [-0.1, -0.05) is 243 Å². The molecule has 6 nitrogen and oxygen atoms in total. The Morgan fingerprint density at radius 3 is 0.727 bits per heavy atom. The quantitative estimate of drug-likeness (QED) is 0.0728. The molecule has 0 aliphatic rings. The van der Waals surface area contributed by atoms with E-state index in [-0.39, 0.29) is 68.9 Å². The van der Waals surface area contributed by atoms with E-state index in [1.165, 1.54) is 12.1 Å². The molecule has 8 rings (SSSR count). The van der Waals surface area contributed by atoms with Crippen molar-refractivity contribution in [3.05, 3.63) is 251 Å². The number of hydrogen-bond donors (Lipinski definition) is 0. The van der Waals surface area contributed by atoms with Crippen LogP contribution in [-0.4, -0.2) is 25.9 Å². The van der Waals surface area contributed by atoms with Crippen molar-refractivity contribution in [2.45, 2.75) is 9.79 Å². The fourth-order valence-electron chi connectivity index (χ4n) is 6.75. The van der Waals surface area contributed by atoms with Gasteiger partial charge in [-0.05, 0) is 78.9 Å². The van der Waals surface area contributed by atoms with E-state index in [0.29, 0.717) is 33.4 Å². The normalized spacial score (nSPS) is 11.5. The minimum absolute atomic E-state index is 0. The summed E-state index contributed by atoms with van der Waals surface area (Å²) in [5.41, 5.74) is 9.56. The van der Waals surface area contributed by atoms with Crippen molar-refractivity contribution in [2.24, 2.45) is 0 Å². The molecule has 10 heteroatoms. The molecule has 0 heterocycles. The van der Waals surface area contributed by atoms with Crippen LogP contribution in [0.3, 0.4) is 0 Å². The van der Waals surface area contributed by atoms with Crippen molar-refractivity contribution in [2.75, 3.05) is 0 Å². The topological polar surface area (TPSA) is 114 Å². The van der Waals surface area contributed by atoms with E-state index in [0.717, 1.165) is 33.4 Å². The molecular weight excluding hydrogens is 879 g/mol. The first-order valence-corrected chi connectivity index (χ1v) is 23.1. The summed E-state index contributed by atoms with van der Waals surface area (Å²) in [4.78, 5) is -0.444. The summed E-state index contributed by atoms with van der Waals surface area (Å²) in [6, 6.07) is 64.0. The molecule has 316 valence electrons. The Kier molecular flexibility index (Phi) is 19.4. The second-order valence-corrected chi connectivity index (χ2v) is 17.3. The first-order chi connectivity index (χ1) is 31.0. The first-order valence-electron chi connectivity index (χ1n) is 20.3. The van der Waals surface area contributed by atoms with Gasteiger partial charge in [-0.25, -0.2) is 16.8 Å². The molecule has 0 aliphatic carbocycles. The number of rotatable bonds is 12. The Labute approximate surface area is 432 Å². The Morgan fingerprint density at radius 2 is 0.485 bits per heavy atom. The summed E-state index contributed by atoms with van der Waals surface area (Å²) in [6.45, 7) is 0. The zero-order chi connectivity index (χ0) is 44.8. The van der Waals surface area contributed by atoms with E-state index in [2.05, 4.69) is 0 Å². The molecule has 0 saturated heterocycles. The number of hydrogen-bond acceptors (Lipinski definition) is 6. The standard InChI is InChI=1S/2C28H22O3S.2Na/c2*29-32(30,31)28-21-25(14-13-23-9-5-2-6-10-23)17-20-27(28)26-18-15-24(16-19-26)12-11-22-7-3-1-4-8-22;;/h2*1-21H,(H,29,30,31);;/q;;2*+1/p-2/b2*12-11+,14-13+;;. The maximum atomic E-state index is 12.0. The Bertz CT molecular complexity index is 2940. The van der Waals surface area contributed by atoms with Crippen LogP contribution in [0.2, 0.25) is 0 Å². The molecule has 0 atom stereocenters. The van der Waals surface area contributed by atoms with Crippen LogP contribution < -0.4 is 59.1 Å². The maximum absolute atomic E-state index is 12.0. The summed E-state index contributed by atoms with van der Waals surface area (Å²) in [7, 11) is -9.28. The Balaban J connectivity index is 0.000000240. The fourth-order valence-corrected chi connectivity index (χ4v) is 8.22. The molecule has 0 spiro atoms. The molecule has 0 N–H and O–H groups in total. The second kappa shape index (κ2) is 24.9. The molecule has 0 radical (unpaired) electrons. The van der Waals surface area contributed by atoms with Gasteiger partial charge >= 0.3 is 59.1 Å². The van der Waals surface area contributed by atoms with E-state index < -0.39 is 20.2 Å². The summed E-state index contributed by atoms with van der Waals surface area (Å²) < 4.78 is 71.9. The molecule has 0 fully saturated rings. The molecule has 66 heavy (non-hydrogen) atoms. The predicted molar refractivity (Wildman–Crippen MR) is 261 cm³/mol. The Hall–Kier alpha value is -5.46. The molecule has 0 amide bonds. The van der Waals surface area contributed by atoms with Gasteiger partial charge in [0.2, 0.25) is 0 Å². The fraction of sp³-hybridized carbons (Fsp3) is 0. The van der Waals surface area contributed by atoms with Gasteiger partial charge in [0.05, 0.1) is 9.79 Å². The minimum atomic E-state index is -4.64. The van der Waals surface area contributed by atoms with Crippen LogP contribution in [0.25, 0.3) is 70.9 Å². The smallest absolute Gasteiger partial charge is 0.744 e. The third-order valence-corrected chi connectivity index (χ3v) is 11.8. The van der Waals surface area contributed by atoms with Crippen LogP contribution in [0.15, 0.2) is 216 Å². The molecule has 8 aromatic rings. The molecular formula is C56H42Na2O6S2. The molecule has 0 aromatic heterocycles. The van der Waals surface area contributed by atoms with Crippen molar-refractivity contribution >= 4 is 68.8 Å². The van der Waals surface area contributed by atoms with Gasteiger partial charge in [-0.2, -0.15) is 0 Å². The van der Waals surface area contributed by atoms with Crippen molar-refractivity contribution in [3.8, 4) is 22.3 Å². The summed E-state index contributed by atoms with van der Waals surface area (Å²) in [5, 5.41) is 0. The largest absolute Gasteiger partial charge is 1.00 e. The van der Waals surface area contributed by atoms with Crippen molar-refractivity contribution < 1.29 is 85.1 Å². The SMILES string of the molecule is O=S(=O)([O-])c1cc(/C=C/c2ccccc2)ccc1-c1ccc(/C=C/c2ccccc2)cc1.O=S(=O)([O-])c1cc(/C=C/c2ccccc2)ccc1-c1ccc(/C=C/c2ccccc2)cc1.[Na+].[Na+]. The Morgan fingerprint density at radius 1 is 0.273 bits per heavy atom. The van der Waals surface area contributed by atoms with Gasteiger partial charge in [0.15, 0.2) is 0 Å². The van der Waals surface area contributed by atoms with Crippen LogP contribution in [0, 0.1) is 0 Å². The molecule has 0 saturated carbocycles. The van der Waals surface area contributed by atoms with Gasteiger partial charge in [0.1, 0.15) is 20.2 Å². The first kappa shape index (κ1) is 51.5. The third kappa shape index (κ3) is 15.3. The zero-order valence-corrected chi connectivity index (χ0v) is 42.1. The molecule has 0 aliphatic heterocycles. The van der Waals surface area contributed by atoms with Crippen LogP contribution in [-0.2, 0) is 20.2 Å². The van der Waals surface area contributed by atoms with Crippen LogP contribution in [0.5, 0.6) is 0 Å². The van der Waals surface area contributed by atoms with E-state index >= 15 is 0 Å². The van der Waals surface area contributed by atoms with E-state index in [1.807, 2.05) is 218 Å². The van der Waals surface area contributed by atoms with E-state index in [1.54, 1.807) is 24.3 Å². The van der Waals surface area contributed by atoms with Crippen LogP contribution in [0.4, 0.5) is 0 Å². The summed E-state index contributed by atoms with van der Waals surface area (Å²) >= 11 is 0. The summed E-state index contributed by atoms with van der Waals surface area (Å²) in [6.07, 6.45) is 15.3. The van der Waals surface area contributed by atoms with Crippen molar-refractivity contribution in [1.29, 1.82) is 0 Å². The molecule has 0 bridgehead atoms. The zero-order valence-electron chi connectivity index (χ0n) is 36.5. The third-order valence-electron chi connectivity index (χ3n) is 10.1. The van der Waals surface area contributed by atoms with Crippen LogP contribution >= 0.6 is 0 Å². The van der Waals surface area contributed by atoms with Gasteiger partial charge in [-0.15, -0.1) is 0 Å². The molecule has 0 unspecified atom stereocenters. The van der Waals surface area contributed by atoms with Crippen molar-refractivity contribution in [1.82, 2.24) is 0 Å². The second-order valence-electron chi connectivity index (χ2n) is 14.6. The van der Waals surface area contributed by atoms with Gasteiger partial charge in [0, 0.05) is 0 Å². The predicted octanol–water partition coefficient (Wildman–Crippen LogP) is 7.21. The summed E-state index contributed by atoms with van der Waals surface area (Å²) in [5.74, 6) is 0. The number of benzene rings is 8. The van der Waals surface area contributed by atoms with Gasteiger partial charge in [-0.3, -0.25) is 0 Å². The molecule has 8 aromatic carbocycles. The average molecular weight is 921 g/mol. The van der Waals surface area contributed by atoms with Gasteiger partial charge in [0.25, 0.3) is 0 Å². The van der Waals surface area contributed by atoms with Gasteiger partial charge < -0.3 is 9.11 Å². The van der Waals surface area contributed by atoms with Crippen LogP contribution in [0.1, 0.15) is 44.5 Å². The minimum Gasteiger partial charge on any atom is -0.744 e. The average Bonchev–Trinajstić information content (AvgIpc) is 3.32. The monoisotopic (exact) mass is 920 g/mol. The van der Waals surface area contributed by atoms with Crippen molar-refractivity contribution in [3.63, 3.8) is 0 Å².